The van der Waals surface area contributed by atoms with Crippen molar-refractivity contribution in [2.75, 3.05) is 18.0 Å². The first-order chi connectivity index (χ1) is 11.0. The van der Waals surface area contributed by atoms with Crippen LogP contribution in [0.25, 0.3) is 0 Å². The zero-order valence-corrected chi connectivity index (χ0v) is 14.0. The molecule has 1 saturated heterocycles. The molecule has 122 valence electrons. The molecule has 1 aliphatic rings. The van der Waals surface area contributed by atoms with Crippen molar-refractivity contribution in [3.8, 4) is 0 Å². The first-order valence-electron chi connectivity index (χ1n) is 7.79. The number of rotatable bonds is 4. The van der Waals surface area contributed by atoms with E-state index >= 15 is 0 Å². The number of aromatic nitrogens is 1. The van der Waals surface area contributed by atoms with E-state index in [2.05, 4.69) is 14.6 Å². The molecule has 0 bridgehead atoms. The maximum Gasteiger partial charge on any atom is 0.240 e. The normalized spacial score (nSPS) is 18.8. The summed E-state index contributed by atoms with van der Waals surface area (Å²) in [6.45, 7) is 3.58. The Bertz CT molecular complexity index is 762. The first kappa shape index (κ1) is 16.0. The highest BCUT2D eigenvalue weighted by Crippen LogP contribution is 2.20. The lowest BCUT2D eigenvalue weighted by molar-refractivity contribution is 0.464. The Kier molecular flexibility index (Phi) is 4.63. The summed E-state index contributed by atoms with van der Waals surface area (Å²) in [4.78, 5) is 6.86. The number of hydrogen-bond acceptors (Lipinski definition) is 4. The van der Waals surface area contributed by atoms with Gasteiger partial charge in [0.25, 0.3) is 0 Å². The molecule has 1 aromatic carbocycles. The molecule has 1 fully saturated rings. The van der Waals surface area contributed by atoms with E-state index in [1.807, 2.05) is 25.1 Å². The summed E-state index contributed by atoms with van der Waals surface area (Å²) >= 11 is 0. The predicted molar refractivity (Wildman–Crippen MR) is 91.0 cm³/mol. The number of piperidine rings is 1. The zero-order chi connectivity index (χ0) is 16.3. The number of aryl methyl sites for hydroxylation is 1. The van der Waals surface area contributed by atoms with Gasteiger partial charge in [-0.25, -0.2) is 18.1 Å². The van der Waals surface area contributed by atoms with Gasteiger partial charge >= 0.3 is 0 Å². The van der Waals surface area contributed by atoms with Gasteiger partial charge in [0, 0.05) is 25.3 Å². The fourth-order valence-corrected chi connectivity index (χ4v) is 4.14. The largest absolute Gasteiger partial charge is 0.355 e. The summed E-state index contributed by atoms with van der Waals surface area (Å²) in [5, 5.41) is 0. The molecule has 0 aliphatic carbocycles. The number of benzene rings is 1. The third-order valence-electron chi connectivity index (χ3n) is 4.02. The van der Waals surface area contributed by atoms with E-state index in [0.29, 0.717) is 11.4 Å². The van der Waals surface area contributed by atoms with E-state index < -0.39 is 10.0 Å². The van der Waals surface area contributed by atoms with Gasteiger partial charge in [0.2, 0.25) is 10.0 Å². The van der Waals surface area contributed by atoms with Crippen LogP contribution in [0.3, 0.4) is 0 Å². The second-order valence-corrected chi connectivity index (χ2v) is 7.62. The molecule has 2 aromatic rings. The molecule has 5 nitrogen and oxygen atoms in total. The number of sulfonamides is 1. The summed E-state index contributed by atoms with van der Waals surface area (Å²) in [5.74, 6) is 0.911. The Morgan fingerprint density at radius 1 is 1.22 bits per heavy atom. The topological polar surface area (TPSA) is 62.3 Å². The van der Waals surface area contributed by atoms with E-state index in [0.717, 1.165) is 30.8 Å². The lowest BCUT2D eigenvalue weighted by Gasteiger charge is -2.33. The second kappa shape index (κ2) is 6.68. The second-order valence-electron chi connectivity index (χ2n) is 5.91. The number of nitrogens with one attached hydrogen (secondary N) is 1. The predicted octanol–water partition coefficient (Wildman–Crippen LogP) is 2.34. The molecule has 1 N–H and O–H groups in total. The summed E-state index contributed by atoms with van der Waals surface area (Å²) in [5.41, 5.74) is 1.15. The van der Waals surface area contributed by atoms with Crippen molar-refractivity contribution in [2.45, 2.75) is 30.7 Å². The Morgan fingerprint density at radius 3 is 2.74 bits per heavy atom. The molecule has 1 aromatic heterocycles. The highest BCUT2D eigenvalue weighted by atomic mass is 32.2. The number of nitrogens with zero attached hydrogens (tertiary/aromatic N) is 2. The van der Waals surface area contributed by atoms with E-state index in [1.54, 1.807) is 30.5 Å². The molecule has 0 saturated carbocycles. The smallest absolute Gasteiger partial charge is 0.240 e. The monoisotopic (exact) mass is 331 g/mol. The van der Waals surface area contributed by atoms with Gasteiger partial charge in [0.05, 0.1) is 4.90 Å². The third kappa shape index (κ3) is 3.89. The van der Waals surface area contributed by atoms with Gasteiger partial charge in [0.15, 0.2) is 0 Å². The summed E-state index contributed by atoms with van der Waals surface area (Å²) in [6, 6.07) is 12.4. The van der Waals surface area contributed by atoms with Gasteiger partial charge in [-0.15, -0.1) is 0 Å². The van der Waals surface area contributed by atoms with E-state index in [-0.39, 0.29) is 6.04 Å². The van der Waals surface area contributed by atoms with Gasteiger partial charge < -0.3 is 4.90 Å². The Balaban J connectivity index is 1.72. The van der Waals surface area contributed by atoms with Crippen molar-refractivity contribution in [3.05, 3.63) is 54.2 Å². The van der Waals surface area contributed by atoms with Gasteiger partial charge in [-0.3, -0.25) is 0 Å². The van der Waals surface area contributed by atoms with Crippen molar-refractivity contribution in [1.29, 1.82) is 0 Å². The quantitative estimate of drug-likeness (QED) is 0.934. The average molecular weight is 331 g/mol. The lowest BCUT2D eigenvalue weighted by Crippen LogP contribution is -2.48. The summed E-state index contributed by atoms with van der Waals surface area (Å²) in [7, 11) is -3.47. The maximum absolute atomic E-state index is 12.5. The van der Waals surface area contributed by atoms with Crippen molar-refractivity contribution in [2.24, 2.45) is 0 Å². The molecule has 0 amide bonds. The van der Waals surface area contributed by atoms with Crippen LogP contribution in [-0.2, 0) is 10.0 Å². The van der Waals surface area contributed by atoms with Crippen molar-refractivity contribution in [3.63, 3.8) is 0 Å². The van der Waals surface area contributed by atoms with Crippen LogP contribution in [0.2, 0.25) is 0 Å². The molecule has 6 heteroatoms. The lowest BCUT2D eigenvalue weighted by atomic mass is 10.1. The van der Waals surface area contributed by atoms with Crippen LogP contribution in [0.5, 0.6) is 0 Å². The fourth-order valence-electron chi connectivity index (χ4n) is 2.86. The fraction of sp³-hybridized carbons (Fsp3) is 0.353. The van der Waals surface area contributed by atoms with Crippen LogP contribution in [-0.4, -0.2) is 32.5 Å². The molecule has 3 rings (SSSR count). The Labute approximate surface area is 137 Å². The van der Waals surface area contributed by atoms with E-state index in [4.69, 9.17) is 0 Å². The van der Waals surface area contributed by atoms with Crippen LogP contribution in [0, 0.1) is 6.92 Å². The number of pyridine rings is 1. The van der Waals surface area contributed by atoms with E-state index in [1.165, 1.54) is 0 Å². The van der Waals surface area contributed by atoms with Crippen molar-refractivity contribution >= 4 is 15.8 Å². The highest BCUT2D eigenvalue weighted by Gasteiger charge is 2.25. The van der Waals surface area contributed by atoms with E-state index in [9.17, 15) is 8.42 Å². The average Bonchev–Trinajstić information content (AvgIpc) is 2.55. The Hall–Kier alpha value is -1.92. The van der Waals surface area contributed by atoms with Crippen molar-refractivity contribution < 1.29 is 8.42 Å². The molecule has 23 heavy (non-hydrogen) atoms. The molecule has 1 atom stereocenters. The maximum atomic E-state index is 12.5. The first-order valence-corrected chi connectivity index (χ1v) is 9.28. The summed E-state index contributed by atoms with van der Waals surface area (Å²) in [6.07, 6.45) is 3.58. The summed E-state index contributed by atoms with van der Waals surface area (Å²) < 4.78 is 27.7. The van der Waals surface area contributed by atoms with Crippen LogP contribution >= 0.6 is 0 Å². The number of anilines is 1. The zero-order valence-electron chi connectivity index (χ0n) is 13.1. The minimum absolute atomic E-state index is 0.101. The molecule has 0 spiro atoms. The van der Waals surface area contributed by atoms with Gasteiger partial charge in [0.1, 0.15) is 5.82 Å². The molecular weight excluding hydrogens is 310 g/mol. The minimum Gasteiger partial charge on any atom is -0.355 e. The van der Waals surface area contributed by atoms with Crippen LogP contribution in [0.15, 0.2) is 53.6 Å². The molecular formula is C17H21N3O2S. The third-order valence-corrected chi connectivity index (χ3v) is 5.56. The SMILES string of the molecule is Cc1ccnc(N2CCCC(NS(=O)(=O)c3ccccc3)C2)c1. The standard InChI is InChI=1S/C17H21N3O2S/c1-14-9-10-18-17(12-14)20-11-5-6-15(13-20)19-23(21,22)16-7-3-2-4-8-16/h2-4,7-10,12,15,19H,5-6,11,13H2,1H3. The minimum atomic E-state index is -3.47. The number of hydrogen-bond donors (Lipinski definition) is 1. The Morgan fingerprint density at radius 2 is 2.00 bits per heavy atom. The molecule has 1 unspecified atom stereocenters. The van der Waals surface area contributed by atoms with Crippen LogP contribution in [0.4, 0.5) is 5.82 Å². The van der Waals surface area contributed by atoms with Crippen LogP contribution < -0.4 is 9.62 Å². The molecule has 0 radical (unpaired) electrons. The van der Waals surface area contributed by atoms with Crippen molar-refractivity contribution in [1.82, 2.24) is 9.71 Å². The molecule has 2 heterocycles. The van der Waals surface area contributed by atoms with Gasteiger partial charge in [-0.1, -0.05) is 18.2 Å². The van der Waals surface area contributed by atoms with Crippen LogP contribution in [0.1, 0.15) is 18.4 Å². The van der Waals surface area contributed by atoms with Gasteiger partial charge in [-0.05, 0) is 49.6 Å². The highest BCUT2D eigenvalue weighted by molar-refractivity contribution is 7.89. The molecule has 1 aliphatic heterocycles. The van der Waals surface area contributed by atoms with Gasteiger partial charge in [-0.2, -0.15) is 0 Å².